The lowest BCUT2D eigenvalue weighted by Crippen LogP contribution is -2.47. The lowest BCUT2D eigenvalue weighted by molar-refractivity contribution is -0.0384. The van der Waals surface area contributed by atoms with Crippen molar-refractivity contribution in [1.29, 1.82) is 0 Å². The summed E-state index contributed by atoms with van der Waals surface area (Å²) in [7, 11) is 2.04. The van der Waals surface area contributed by atoms with Crippen LogP contribution in [0.2, 0.25) is 0 Å². The van der Waals surface area contributed by atoms with Gasteiger partial charge < -0.3 is 41.1 Å². The number of carbonyl (C=O) groups excluding carboxylic acids is 1. The number of likely N-dealkylation sites (tertiary alicyclic amines) is 1. The van der Waals surface area contributed by atoms with Gasteiger partial charge in [-0.1, -0.05) is 0 Å². The first-order valence-electron chi connectivity index (χ1n) is 13.1. The van der Waals surface area contributed by atoms with Crippen molar-refractivity contribution in [3.8, 4) is 0 Å². The van der Waals surface area contributed by atoms with Gasteiger partial charge in [0.25, 0.3) is 0 Å². The molecule has 3 aromatic rings. The summed E-state index contributed by atoms with van der Waals surface area (Å²) in [6.45, 7) is 5.31. The number of amides is 2. The number of hydrogen-bond donors (Lipinski definition) is 5. The highest BCUT2D eigenvalue weighted by Gasteiger charge is 2.47. The Morgan fingerprint density at radius 3 is 2.64 bits per heavy atom. The highest BCUT2D eigenvalue weighted by atomic mass is 16.6. The fraction of sp³-hybridized carbons (Fsp3) is 0.682. The minimum atomic E-state index is -1.31. The molecule has 0 aliphatic carbocycles. The minimum Gasteiger partial charge on any atom is -0.387 e. The summed E-state index contributed by atoms with van der Waals surface area (Å²) >= 11 is 0. The van der Waals surface area contributed by atoms with Gasteiger partial charge in [-0.05, 0) is 38.6 Å². The third kappa shape index (κ3) is 4.81. The third-order valence-corrected chi connectivity index (χ3v) is 7.49. The van der Waals surface area contributed by atoms with E-state index in [1.54, 1.807) is 0 Å². The Hall–Kier alpha value is -3.67. The molecule has 17 nitrogen and oxygen atoms in total. The van der Waals surface area contributed by atoms with E-state index in [1.165, 1.54) is 15.7 Å². The molecule has 4 unspecified atom stereocenters. The van der Waals surface area contributed by atoms with E-state index >= 15 is 0 Å². The Kier molecular flexibility index (Phi) is 6.66. The number of ether oxygens (including phenoxy) is 1. The number of fused-ring (bicyclic) bond motifs is 1. The number of anilines is 2. The molecular weight excluding hydrogens is 510 g/mol. The maximum Gasteiger partial charge on any atom is 0.315 e. The fourth-order valence-corrected chi connectivity index (χ4v) is 5.39. The summed E-state index contributed by atoms with van der Waals surface area (Å²) in [5.41, 5.74) is 6.92. The molecule has 3 aromatic heterocycles. The molecule has 0 bridgehead atoms. The number of nitrogens with two attached hydrogens (primary N) is 1. The smallest absolute Gasteiger partial charge is 0.315 e. The van der Waals surface area contributed by atoms with Gasteiger partial charge in [0.2, 0.25) is 11.8 Å². The molecule has 3 saturated heterocycles. The SMILES string of the molecule is CCn1nnc(C2OC(n3cnc4c(N)nc(N5CCC(NC(=O)NC6CCN(C)C6)C5)nc43)[C@H](O)[C@@H]2O)n1. The van der Waals surface area contributed by atoms with Gasteiger partial charge in [-0.2, -0.15) is 14.8 Å². The number of likely N-dealkylation sites (N-methyl/N-ethyl adjacent to an activating group) is 1. The largest absolute Gasteiger partial charge is 0.387 e. The van der Waals surface area contributed by atoms with Crippen molar-refractivity contribution in [1.82, 2.24) is 55.3 Å². The van der Waals surface area contributed by atoms with Crippen molar-refractivity contribution >= 4 is 29.0 Å². The van der Waals surface area contributed by atoms with Crippen LogP contribution in [0.4, 0.5) is 16.6 Å². The lowest BCUT2D eigenvalue weighted by atomic mass is 10.1. The summed E-state index contributed by atoms with van der Waals surface area (Å²) < 4.78 is 7.50. The molecule has 0 spiro atoms. The van der Waals surface area contributed by atoms with Crippen molar-refractivity contribution in [2.75, 3.05) is 43.9 Å². The van der Waals surface area contributed by atoms with Gasteiger partial charge in [0.15, 0.2) is 23.8 Å². The number of aryl methyl sites for hydroxylation is 1. The number of nitrogens with one attached hydrogen (secondary N) is 2. The van der Waals surface area contributed by atoms with Crippen LogP contribution in [0.15, 0.2) is 6.33 Å². The van der Waals surface area contributed by atoms with Crippen LogP contribution < -0.4 is 21.3 Å². The quantitative estimate of drug-likeness (QED) is 0.228. The molecule has 6 heterocycles. The Bertz CT molecular complexity index is 1350. The number of aliphatic hydroxyl groups excluding tert-OH is 2. The molecule has 6 rings (SSSR count). The molecular formula is C22H33N13O4. The second-order valence-electron chi connectivity index (χ2n) is 10.3. The first kappa shape index (κ1) is 25.6. The molecule has 3 aliphatic rings. The molecule has 6 N–H and O–H groups in total. The molecule has 6 atom stereocenters. The average Bonchev–Trinajstić information content (AvgIpc) is 3.73. The minimum absolute atomic E-state index is 0.0745. The summed E-state index contributed by atoms with van der Waals surface area (Å²) in [4.78, 5) is 31.4. The van der Waals surface area contributed by atoms with Gasteiger partial charge >= 0.3 is 6.03 Å². The van der Waals surface area contributed by atoms with Crippen molar-refractivity contribution in [3.63, 3.8) is 0 Å². The van der Waals surface area contributed by atoms with Gasteiger partial charge in [0, 0.05) is 31.7 Å². The summed E-state index contributed by atoms with van der Waals surface area (Å²) in [5.74, 6) is 0.719. The zero-order valence-corrected chi connectivity index (χ0v) is 21.8. The van der Waals surface area contributed by atoms with E-state index in [4.69, 9.17) is 10.5 Å². The first-order valence-corrected chi connectivity index (χ1v) is 13.1. The Balaban J connectivity index is 1.17. The highest BCUT2D eigenvalue weighted by Crippen LogP contribution is 2.39. The van der Waals surface area contributed by atoms with Crippen molar-refractivity contribution in [3.05, 3.63) is 12.2 Å². The Morgan fingerprint density at radius 1 is 1.15 bits per heavy atom. The highest BCUT2D eigenvalue weighted by molar-refractivity contribution is 5.83. The van der Waals surface area contributed by atoms with E-state index in [1.807, 2.05) is 18.9 Å². The summed E-state index contributed by atoms with van der Waals surface area (Å²) in [5, 5.41) is 39.7. The summed E-state index contributed by atoms with van der Waals surface area (Å²) in [6, 6.07) is -0.0986. The van der Waals surface area contributed by atoms with Crippen LogP contribution in [0, 0.1) is 0 Å². The maximum absolute atomic E-state index is 12.5. The number of carbonyl (C=O) groups is 1. The number of nitrogens with zero attached hydrogens (tertiary/aromatic N) is 10. The van der Waals surface area contributed by atoms with Crippen LogP contribution in [-0.4, -0.2) is 118 Å². The first-order chi connectivity index (χ1) is 18.8. The normalized spacial score (nSPS) is 29.5. The number of tetrazole rings is 1. The number of hydrogen-bond acceptors (Lipinski definition) is 13. The van der Waals surface area contributed by atoms with Crippen LogP contribution >= 0.6 is 0 Å². The molecule has 3 fully saturated rings. The predicted octanol–water partition coefficient (Wildman–Crippen LogP) is -2.01. The molecule has 3 aliphatic heterocycles. The van der Waals surface area contributed by atoms with E-state index in [-0.39, 0.29) is 29.8 Å². The molecule has 2 amide bonds. The van der Waals surface area contributed by atoms with Crippen LogP contribution in [-0.2, 0) is 11.3 Å². The zero-order valence-electron chi connectivity index (χ0n) is 21.8. The standard InChI is InChI=1S/C22H33N13O4/c1-3-35-30-18(29-31-35)16-14(36)15(37)20(39-16)34-10-24-13-17(23)27-21(28-19(13)34)33-7-5-12(9-33)26-22(38)25-11-4-6-32(2)8-11/h10-12,14-16,20,36-37H,3-9H2,1-2H3,(H2,23,27,28)(H2,25,26,38)/t11?,12?,14-,15+,16?,20?/m0/s1. The van der Waals surface area contributed by atoms with Crippen LogP contribution in [0.3, 0.4) is 0 Å². The number of aromatic nitrogens is 8. The van der Waals surface area contributed by atoms with Crippen LogP contribution in [0.25, 0.3) is 11.2 Å². The Morgan fingerprint density at radius 2 is 1.92 bits per heavy atom. The number of urea groups is 1. The number of nitrogen functional groups attached to an aromatic ring is 1. The monoisotopic (exact) mass is 543 g/mol. The van der Waals surface area contributed by atoms with E-state index in [0.29, 0.717) is 36.7 Å². The molecule has 0 saturated carbocycles. The summed E-state index contributed by atoms with van der Waals surface area (Å²) in [6.07, 6.45) is -1.49. The van der Waals surface area contributed by atoms with Gasteiger partial charge in [0.05, 0.1) is 12.9 Å². The second kappa shape index (κ2) is 10.1. The van der Waals surface area contributed by atoms with Crippen LogP contribution in [0.1, 0.15) is 37.9 Å². The zero-order chi connectivity index (χ0) is 27.3. The second-order valence-corrected chi connectivity index (χ2v) is 10.3. The predicted molar refractivity (Wildman–Crippen MR) is 136 cm³/mol. The molecule has 0 radical (unpaired) electrons. The van der Waals surface area contributed by atoms with Gasteiger partial charge in [-0.3, -0.25) is 4.57 Å². The number of aliphatic hydroxyl groups is 2. The maximum atomic E-state index is 12.5. The van der Waals surface area contributed by atoms with E-state index < -0.39 is 24.5 Å². The topological polar surface area (TPSA) is 211 Å². The van der Waals surface area contributed by atoms with Gasteiger partial charge in [0.1, 0.15) is 17.7 Å². The molecule has 210 valence electrons. The van der Waals surface area contributed by atoms with Crippen LogP contribution in [0.5, 0.6) is 0 Å². The number of rotatable bonds is 6. The fourth-order valence-electron chi connectivity index (χ4n) is 5.39. The van der Waals surface area contributed by atoms with Crippen molar-refractivity contribution < 1.29 is 19.7 Å². The van der Waals surface area contributed by atoms with Crippen molar-refractivity contribution in [2.24, 2.45) is 0 Å². The number of imidazole rings is 1. The van der Waals surface area contributed by atoms with Crippen molar-refractivity contribution in [2.45, 2.75) is 62.9 Å². The van der Waals surface area contributed by atoms with Gasteiger partial charge in [-0.15, -0.1) is 10.2 Å². The molecule has 0 aromatic carbocycles. The average molecular weight is 544 g/mol. The van der Waals surface area contributed by atoms with E-state index in [0.717, 1.165) is 25.9 Å². The van der Waals surface area contributed by atoms with E-state index in [2.05, 4.69) is 45.9 Å². The lowest BCUT2D eigenvalue weighted by Gasteiger charge is -2.20. The molecule has 17 heteroatoms. The third-order valence-electron chi connectivity index (χ3n) is 7.49. The molecule has 39 heavy (non-hydrogen) atoms. The van der Waals surface area contributed by atoms with Gasteiger partial charge in [-0.25, -0.2) is 9.78 Å². The Labute approximate surface area is 223 Å². The van der Waals surface area contributed by atoms with E-state index in [9.17, 15) is 15.0 Å².